The molecule has 0 atom stereocenters. The van der Waals surface area contributed by atoms with Crippen LogP contribution in [0.25, 0.3) is 0 Å². The molecule has 0 bridgehead atoms. The molecule has 0 radical (unpaired) electrons. The van der Waals surface area contributed by atoms with Crippen LogP contribution in [0.4, 0.5) is 5.69 Å². The van der Waals surface area contributed by atoms with Crippen LogP contribution in [0, 0.1) is 5.92 Å². The molecular formula is C18H28ClN3O3. The largest absolute Gasteiger partial charge is 0.399 e. The molecule has 1 aliphatic heterocycles. The number of hydrogen-bond donors (Lipinski definition) is 2. The van der Waals surface area contributed by atoms with Crippen LogP contribution in [0.15, 0.2) is 24.3 Å². The number of benzene rings is 1. The summed E-state index contributed by atoms with van der Waals surface area (Å²) in [5, 5.41) is 2.96. The summed E-state index contributed by atoms with van der Waals surface area (Å²) in [6, 6.07) is 6.95. The van der Waals surface area contributed by atoms with Crippen molar-refractivity contribution in [2.45, 2.75) is 26.2 Å². The third-order valence-corrected chi connectivity index (χ3v) is 4.28. The van der Waals surface area contributed by atoms with Gasteiger partial charge in [0, 0.05) is 50.0 Å². The minimum absolute atomic E-state index is 0. The molecule has 140 valence electrons. The van der Waals surface area contributed by atoms with Gasteiger partial charge in [0.25, 0.3) is 5.91 Å². The van der Waals surface area contributed by atoms with Gasteiger partial charge in [-0.05, 0) is 50.5 Å². The number of nitrogens with one attached hydrogen (secondary N) is 1. The van der Waals surface area contributed by atoms with Gasteiger partial charge in [0.2, 0.25) is 5.91 Å². The highest BCUT2D eigenvalue weighted by atomic mass is 35.5. The van der Waals surface area contributed by atoms with Gasteiger partial charge in [0.05, 0.1) is 0 Å². The molecule has 1 aliphatic rings. The Morgan fingerprint density at radius 3 is 2.48 bits per heavy atom. The van der Waals surface area contributed by atoms with Crippen molar-refractivity contribution in [2.24, 2.45) is 5.92 Å². The topological polar surface area (TPSA) is 84.7 Å². The van der Waals surface area contributed by atoms with E-state index in [1.54, 1.807) is 24.3 Å². The molecule has 6 nitrogen and oxygen atoms in total. The zero-order chi connectivity index (χ0) is 17.4. The Balaban J connectivity index is 0.00000312. The van der Waals surface area contributed by atoms with Crippen molar-refractivity contribution in [3.63, 3.8) is 0 Å². The van der Waals surface area contributed by atoms with Crippen molar-refractivity contribution in [1.82, 2.24) is 10.2 Å². The number of nitrogens with two attached hydrogens (primary N) is 1. The summed E-state index contributed by atoms with van der Waals surface area (Å²) >= 11 is 0. The normalized spacial score (nSPS) is 14.7. The number of carbonyl (C=O) groups excluding carboxylic acids is 2. The van der Waals surface area contributed by atoms with Gasteiger partial charge in [-0.1, -0.05) is 0 Å². The molecule has 2 rings (SSSR count). The van der Waals surface area contributed by atoms with Gasteiger partial charge >= 0.3 is 0 Å². The highest BCUT2D eigenvalue weighted by Crippen LogP contribution is 2.19. The van der Waals surface area contributed by atoms with E-state index in [4.69, 9.17) is 10.5 Å². The van der Waals surface area contributed by atoms with E-state index in [0.29, 0.717) is 56.9 Å². The maximum Gasteiger partial charge on any atom is 0.253 e. The van der Waals surface area contributed by atoms with Crippen LogP contribution in [0.5, 0.6) is 0 Å². The monoisotopic (exact) mass is 369 g/mol. The minimum Gasteiger partial charge on any atom is -0.399 e. The van der Waals surface area contributed by atoms with Crippen LogP contribution >= 0.6 is 12.4 Å². The summed E-state index contributed by atoms with van der Waals surface area (Å²) in [6.07, 6.45) is 2.24. The second-order valence-corrected chi connectivity index (χ2v) is 6.03. The maximum atomic E-state index is 12.4. The number of halogens is 1. The van der Waals surface area contributed by atoms with Gasteiger partial charge in [-0.2, -0.15) is 0 Å². The maximum absolute atomic E-state index is 12.4. The lowest BCUT2D eigenvalue weighted by atomic mass is 9.95. The second kappa shape index (κ2) is 10.9. The number of piperidine rings is 1. The zero-order valence-corrected chi connectivity index (χ0v) is 15.5. The van der Waals surface area contributed by atoms with Crippen LogP contribution in [0.2, 0.25) is 0 Å². The highest BCUT2D eigenvalue weighted by molar-refractivity contribution is 5.94. The molecule has 0 unspecified atom stereocenters. The van der Waals surface area contributed by atoms with Crippen LogP contribution in [0.1, 0.15) is 36.5 Å². The summed E-state index contributed by atoms with van der Waals surface area (Å²) in [4.78, 5) is 26.4. The summed E-state index contributed by atoms with van der Waals surface area (Å²) in [5.41, 5.74) is 6.93. The van der Waals surface area contributed by atoms with E-state index in [1.807, 2.05) is 11.8 Å². The second-order valence-electron chi connectivity index (χ2n) is 6.03. The lowest BCUT2D eigenvalue weighted by Crippen LogP contribution is -2.43. The number of nitrogen functional groups attached to an aromatic ring is 1. The fourth-order valence-corrected chi connectivity index (χ4v) is 2.83. The first-order chi connectivity index (χ1) is 11.6. The van der Waals surface area contributed by atoms with Crippen molar-refractivity contribution in [1.29, 1.82) is 0 Å². The molecule has 0 aromatic heterocycles. The van der Waals surface area contributed by atoms with Crippen LogP contribution in [-0.4, -0.2) is 49.6 Å². The van der Waals surface area contributed by atoms with Gasteiger partial charge < -0.3 is 20.7 Å². The van der Waals surface area contributed by atoms with Crippen LogP contribution in [0.3, 0.4) is 0 Å². The minimum atomic E-state index is -0.00689. The van der Waals surface area contributed by atoms with Gasteiger partial charge in [-0.25, -0.2) is 0 Å². The average Bonchev–Trinajstić information content (AvgIpc) is 2.61. The van der Waals surface area contributed by atoms with E-state index in [0.717, 1.165) is 6.42 Å². The number of anilines is 1. The summed E-state index contributed by atoms with van der Waals surface area (Å²) in [6.45, 7) is 5.20. The molecule has 1 fully saturated rings. The molecule has 1 aromatic carbocycles. The number of amides is 2. The Morgan fingerprint density at radius 2 is 1.88 bits per heavy atom. The van der Waals surface area contributed by atoms with Crippen LogP contribution in [-0.2, 0) is 9.53 Å². The summed E-state index contributed by atoms with van der Waals surface area (Å²) < 4.78 is 5.25. The van der Waals surface area contributed by atoms with E-state index in [-0.39, 0.29) is 30.1 Å². The molecule has 1 heterocycles. The highest BCUT2D eigenvalue weighted by Gasteiger charge is 2.27. The molecule has 1 saturated heterocycles. The quantitative estimate of drug-likeness (QED) is 0.569. The summed E-state index contributed by atoms with van der Waals surface area (Å²) in [5.74, 6) is 0.0872. The van der Waals surface area contributed by atoms with E-state index in [2.05, 4.69) is 5.32 Å². The van der Waals surface area contributed by atoms with E-state index >= 15 is 0 Å². The number of ether oxygens (including phenoxy) is 1. The van der Waals surface area contributed by atoms with Crippen molar-refractivity contribution >= 4 is 29.9 Å². The predicted molar refractivity (Wildman–Crippen MR) is 101 cm³/mol. The standard InChI is InChI=1S/C18H27N3O3.ClH/c1-2-24-13-3-10-20-17(22)14-8-11-21(12-9-14)18(23)15-4-6-16(19)7-5-15;/h4-7,14H,2-3,8-13,19H2,1H3,(H,20,22);1H. The molecule has 1 aromatic rings. The summed E-state index contributed by atoms with van der Waals surface area (Å²) in [7, 11) is 0. The van der Waals surface area contributed by atoms with Crippen LogP contribution < -0.4 is 11.1 Å². The SMILES string of the molecule is CCOCCCNC(=O)C1CCN(C(=O)c2ccc(N)cc2)CC1.Cl. The van der Waals surface area contributed by atoms with Crippen molar-refractivity contribution < 1.29 is 14.3 Å². The molecule has 0 spiro atoms. The molecule has 2 amide bonds. The van der Waals surface area contributed by atoms with Gasteiger partial charge in [0.15, 0.2) is 0 Å². The van der Waals surface area contributed by atoms with E-state index in [9.17, 15) is 9.59 Å². The number of nitrogens with zero attached hydrogens (tertiary/aromatic N) is 1. The van der Waals surface area contributed by atoms with Gasteiger partial charge in [-0.3, -0.25) is 9.59 Å². The van der Waals surface area contributed by atoms with Gasteiger partial charge in [-0.15, -0.1) is 12.4 Å². The number of hydrogen-bond acceptors (Lipinski definition) is 4. The first kappa shape index (κ1) is 21.3. The van der Waals surface area contributed by atoms with Crippen molar-refractivity contribution in [3.8, 4) is 0 Å². The number of rotatable bonds is 7. The Labute approximate surface area is 155 Å². The Morgan fingerprint density at radius 1 is 1.24 bits per heavy atom. The lowest BCUT2D eigenvalue weighted by Gasteiger charge is -2.31. The number of carbonyl (C=O) groups is 2. The third kappa shape index (κ3) is 6.55. The fourth-order valence-electron chi connectivity index (χ4n) is 2.83. The number of likely N-dealkylation sites (tertiary alicyclic amines) is 1. The molecule has 0 saturated carbocycles. The predicted octanol–water partition coefficient (Wildman–Crippen LogP) is 2.09. The molecule has 25 heavy (non-hydrogen) atoms. The van der Waals surface area contributed by atoms with Crippen molar-refractivity contribution in [3.05, 3.63) is 29.8 Å². The Hall–Kier alpha value is -1.79. The first-order valence-electron chi connectivity index (χ1n) is 8.62. The van der Waals surface area contributed by atoms with Crippen molar-refractivity contribution in [2.75, 3.05) is 38.6 Å². The zero-order valence-electron chi connectivity index (χ0n) is 14.7. The average molecular weight is 370 g/mol. The fraction of sp³-hybridized carbons (Fsp3) is 0.556. The molecule has 3 N–H and O–H groups in total. The molecular weight excluding hydrogens is 342 g/mol. The Kier molecular flexibility index (Phi) is 9.31. The Bertz CT molecular complexity index is 543. The van der Waals surface area contributed by atoms with Gasteiger partial charge in [0.1, 0.15) is 0 Å². The first-order valence-corrected chi connectivity index (χ1v) is 8.62. The lowest BCUT2D eigenvalue weighted by molar-refractivity contribution is -0.126. The molecule has 7 heteroatoms. The smallest absolute Gasteiger partial charge is 0.253 e. The third-order valence-electron chi connectivity index (χ3n) is 4.28. The molecule has 0 aliphatic carbocycles. The van der Waals surface area contributed by atoms with E-state index in [1.165, 1.54) is 0 Å². The van der Waals surface area contributed by atoms with E-state index < -0.39 is 0 Å².